The van der Waals surface area contributed by atoms with E-state index in [1.165, 1.54) is 20.8 Å². The number of piperidine rings is 1. The van der Waals surface area contributed by atoms with Crippen molar-refractivity contribution in [3.05, 3.63) is 40.7 Å². The quantitative estimate of drug-likeness (QED) is 0.280. The number of nitrogens with one attached hydrogen (secondary N) is 2. The summed E-state index contributed by atoms with van der Waals surface area (Å²) < 4.78 is 17.7. The molecule has 1 saturated heterocycles. The molecule has 2 aliphatic heterocycles. The zero-order valence-electron chi connectivity index (χ0n) is 26.1. The number of rotatable bonds is 10. The van der Waals surface area contributed by atoms with Gasteiger partial charge >= 0.3 is 11.9 Å². The first-order chi connectivity index (χ1) is 20.7. The Labute approximate surface area is 257 Å². The molecule has 1 aromatic rings. The van der Waals surface area contributed by atoms with Gasteiger partial charge in [-0.3, -0.25) is 9.59 Å². The SMILES string of the molecule is CC(=O)N[C@@H](CC(C)C)C(=O)N[C@@H](C)C(=O)O[C@@H](C)C(=O)OC1=CC[C@@]2(O)[C@H]3Cc4ccc(CO)c5c4[C@@]2(CCN3C)[C@H]1O5. The van der Waals surface area contributed by atoms with Crippen molar-refractivity contribution in [1.82, 2.24) is 15.5 Å². The molecular weight excluding hydrogens is 570 g/mol. The molecule has 12 heteroatoms. The van der Waals surface area contributed by atoms with Crippen molar-refractivity contribution in [1.29, 1.82) is 0 Å². The second-order valence-corrected chi connectivity index (χ2v) is 13.0. The van der Waals surface area contributed by atoms with Crippen molar-refractivity contribution in [2.75, 3.05) is 13.6 Å². The number of ether oxygens (including phenoxy) is 3. The summed E-state index contributed by atoms with van der Waals surface area (Å²) in [6.07, 6.45) is 1.36. The number of aliphatic hydroxyl groups excluding tert-OH is 1. The highest BCUT2D eigenvalue weighted by Gasteiger charge is 2.72. The van der Waals surface area contributed by atoms with Gasteiger partial charge in [-0.15, -0.1) is 0 Å². The highest BCUT2D eigenvalue weighted by Crippen LogP contribution is 2.64. The average molecular weight is 614 g/mol. The molecule has 2 heterocycles. The molecule has 0 radical (unpaired) electrons. The van der Waals surface area contributed by atoms with Crippen LogP contribution in [0.4, 0.5) is 0 Å². The summed E-state index contributed by atoms with van der Waals surface area (Å²) in [6.45, 7) is 8.41. The lowest BCUT2D eigenvalue weighted by atomic mass is 9.50. The number of likely N-dealkylation sites (tertiary alicyclic amines) is 1. The average Bonchev–Trinajstić information content (AvgIpc) is 3.31. The zero-order chi connectivity index (χ0) is 32.1. The number of carbonyl (C=O) groups excluding carboxylic acids is 4. The largest absolute Gasteiger partial charge is 0.481 e. The fourth-order valence-electron chi connectivity index (χ4n) is 7.48. The number of esters is 2. The van der Waals surface area contributed by atoms with Crippen molar-refractivity contribution in [3.63, 3.8) is 0 Å². The Balaban J connectivity index is 1.30. The van der Waals surface area contributed by atoms with Crippen LogP contribution in [0.25, 0.3) is 0 Å². The smallest absolute Gasteiger partial charge is 0.352 e. The molecule has 7 atom stereocenters. The Morgan fingerprint density at radius 2 is 1.86 bits per heavy atom. The lowest BCUT2D eigenvalue weighted by Crippen LogP contribution is -2.74. The fraction of sp³-hybridized carbons (Fsp3) is 0.625. The van der Waals surface area contributed by atoms with E-state index in [0.29, 0.717) is 37.1 Å². The van der Waals surface area contributed by atoms with E-state index in [-0.39, 0.29) is 36.7 Å². The molecule has 4 aliphatic rings. The molecule has 2 amide bonds. The van der Waals surface area contributed by atoms with Gasteiger partial charge in [0, 0.05) is 30.5 Å². The number of hydrogen-bond acceptors (Lipinski definition) is 10. The predicted octanol–water partition coefficient (Wildman–Crippen LogP) is 0.987. The molecule has 2 bridgehead atoms. The van der Waals surface area contributed by atoms with E-state index >= 15 is 0 Å². The van der Waals surface area contributed by atoms with E-state index < -0.39 is 53.2 Å². The van der Waals surface area contributed by atoms with E-state index in [1.807, 2.05) is 33.0 Å². The van der Waals surface area contributed by atoms with Gasteiger partial charge in [0.1, 0.15) is 23.6 Å². The molecule has 0 saturated carbocycles. The molecule has 4 N–H and O–H groups in total. The summed E-state index contributed by atoms with van der Waals surface area (Å²) in [5.41, 5.74) is 0.471. The lowest BCUT2D eigenvalue weighted by Gasteiger charge is -2.61. The fourth-order valence-corrected chi connectivity index (χ4v) is 7.48. The topological polar surface area (TPSA) is 164 Å². The van der Waals surface area contributed by atoms with Gasteiger partial charge in [0.15, 0.2) is 12.2 Å². The van der Waals surface area contributed by atoms with Gasteiger partial charge in [0.2, 0.25) is 11.8 Å². The highest BCUT2D eigenvalue weighted by molar-refractivity contribution is 5.90. The van der Waals surface area contributed by atoms with Crippen LogP contribution in [0, 0.1) is 5.92 Å². The van der Waals surface area contributed by atoms with Crippen LogP contribution in [0.5, 0.6) is 5.75 Å². The molecule has 0 unspecified atom stereocenters. The number of benzene rings is 1. The van der Waals surface area contributed by atoms with Gasteiger partial charge in [-0.2, -0.15) is 0 Å². The Hall–Kier alpha value is -3.48. The minimum atomic E-state index is -1.31. The third-order valence-electron chi connectivity index (χ3n) is 9.58. The molecule has 2 aliphatic carbocycles. The third kappa shape index (κ3) is 5.16. The van der Waals surface area contributed by atoms with Gasteiger partial charge in [-0.05, 0) is 64.3 Å². The third-order valence-corrected chi connectivity index (χ3v) is 9.58. The van der Waals surface area contributed by atoms with Gasteiger partial charge in [0.25, 0.3) is 0 Å². The van der Waals surface area contributed by atoms with Gasteiger partial charge in [-0.25, -0.2) is 9.59 Å². The predicted molar refractivity (Wildman–Crippen MR) is 157 cm³/mol. The van der Waals surface area contributed by atoms with Crippen LogP contribution in [0.2, 0.25) is 0 Å². The van der Waals surface area contributed by atoms with Crippen molar-refractivity contribution >= 4 is 23.8 Å². The maximum Gasteiger partial charge on any atom is 0.352 e. The molecule has 0 aromatic heterocycles. The molecule has 12 nitrogen and oxygen atoms in total. The first-order valence-corrected chi connectivity index (χ1v) is 15.3. The van der Waals surface area contributed by atoms with E-state index in [4.69, 9.17) is 14.2 Å². The summed E-state index contributed by atoms with van der Waals surface area (Å²) in [5, 5.41) is 27.5. The number of nitrogens with zero attached hydrogens (tertiary/aromatic N) is 1. The van der Waals surface area contributed by atoms with E-state index in [0.717, 1.165) is 11.1 Å². The van der Waals surface area contributed by atoms with Crippen LogP contribution >= 0.6 is 0 Å². The first-order valence-electron chi connectivity index (χ1n) is 15.3. The summed E-state index contributed by atoms with van der Waals surface area (Å²) >= 11 is 0. The molecule has 5 rings (SSSR count). The van der Waals surface area contributed by atoms with Crippen molar-refractivity contribution in [3.8, 4) is 5.75 Å². The maximum atomic E-state index is 13.3. The summed E-state index contributed by atoms with van der Waals surface area (Å²) in [6, 6.07) is 1.74. The van der Waals surface area contributed by atoms with Crippen LogP contribution < -0.4 is 15.4 Å². The minimum absolute atomic E-state index is 0.117. The van der Waals surface area contributed by atoms with Crippen LogP contribution in [0.3, 0.4) is 0 Å². The molecule has 44 heavy (non-hydrogen) atoms. The summed E-state index contributed by atoms with van der Waals surface area (Å²) in [5.74, 6) is -1.70. The van der Waals surface area contributed by atoms with Crippen LogP contribution in [0.15, 0.2) is 24.0 Å². The monoisotopic (exact) mass is 613 g/mol. The van der Waals surface area contributed by atoms with Gasteiger partial charge in [-0.1, -0.05) is 26.0 Å². The van der Waals surface area contributed by atoms with Crippen molar-refractivity contribution in [2.24, 2.45) is 5.92 Å². The maximum absolute atomic E-state index is 13.3. The number of amides is 2. The number of carbonyl (C=O) groups is 4. The number of hydrogen-bond donors (Lipinski definition) is 4. The summed E-state index contributed by atoms with van der Waals surface area (Å²) in [7, 11) is 2.00. The Kier molecular flexibility index (Phi) is 8.56. The first kappa shape index (κ1) is 31.9. The van der Waals surface area contributed by atoms with Crippen LogP contribution in [-0.4, -0.2) is 88.4 Å². The molecular formula is C32H43N3O9. The highest BCUT2D eigenvalue weighted by atomic mass is 16.6. The van der Waals surface area contributed by atoms with Crippen LogP contribution in [0.1, 0.15) is 70.6 Å². The van der Waals surface area contributed by atoms with Gasteiger partial charge < -0.3 is 40.0 Å². The van der Waals surface area contributed by atoms with Crippen molar-refractivity contribution < 1.29 is 43.6 Å². The van der Waals surface area contributed by atoms with E-state index in [9.17, 15) is 29.4 Å². The number of aliphatic hydroxyl groups is 2. The number of likely N-dealkylation sites (N-methyl/N-ethyl adjacent to an activating group) is 1. The molecule has 1 spiro atoms. The van der Waals surface area contributed by atoms with Crippen molar-refractivity contribution in [2.45, 2.75) is 108 Å². The molecule has 240 valence electrons. The van der Waals surface area contributed by atoms with Crippen LogP contribution in [-0.2, 0) is 47.1 Å². The molecule has 1 aromatic carbocycles. The Morgan fingerprint density at radius 1 is 1.14 bits per heavy atom. The van der Waals surface area contributed by atoms with E-state index in [2.05, 4.69) is 15.5 Å². The Morgan fingerprint density at radius 3 is 2.52 bits per heavy atom. The second-order valence-electron chi connectivity index (χ2n) is 13.0. The lowest BCUT2D eigenvalue weighted by molar-refractivity contribution is -0.176. The normalized spacial score (nSPS) is 28.5. The summed E-state index contributed by atoms with van der Waals surface area (Å²) in [4.78, 5) is 52.6. The second kappa shape index (κ2) is 11.8. The van der Waals surface area contributed by atoms with E-state index in [1.54, 1.807) is 6.08 Å². The van der Waals surface area contributed by atoms with Gasteiger partial charge in [0.05, 0.1) is 17.6 Å². The minimum Gasteiger partial charge on any atom is -0.481 e. The Bertz CT molecular complexity index is 1390. The zero-order valence-corrected chi connectivity index (χ0v) is 26.1. The standard InChI is InChI=1S/C32H43N3O9/c1-16(2)13-22(34-19(5)37)28(38)33-17(3)29(39)42-18(4)30(40)43-23-9-10-32(41)24-14-20-7-8-21(15-36)26-25(20)31(32,27(23)44-26)11-12-35(24)6/h7-9,16-18,22,24,27,36,41H,10-15H2,1-6H3,(H,33,38)(H,34,37)/t17-,18-,22-,24+,27-,31-,32+/m0/s1. The molecule has 1 fully saturated rings.